The number of anilines is 1. The molecule has 0 spiro atoms. The number of nitrogens with one attached hydrogen (secondary N) is 1. The van der Waals surface area contributed by atoms with E-state index in [9.17, 15) is 0 Å². The summed E-state index contributed by atoms with van der Waals surface area (Å²) in [5.74, 6) is 0.531. The number of nitriles is 1. The van der Waals surface area contributed by atoms with Gasteiger partial charge in [0.15, 0.2) is 5.82 Å². The Morgan fingerprint density at radius 3 is 3.23 bits per heavy atom. The van der Waals surface area contributed by atoms with Crippen molar-refractivity contribution in [1.29, 1.82) is 5.26 Å². The minimum atomic E-state index is 0.513. The minimum Gasteiger partial charge on any atom is -0.364 e. The second kappa shape index (κ2) is 4.88. The zero-order valence-electron chi connectivity index (χ0n) is 7.36. The lowest BCUT2D eigenvalue weighted by atomic mass is 10.3. The van der Waals surface area contributed by atoms with Crippen LogP contribution in [0.25, 0.3) is 0 Å². The Morgan fingerprint density at radius 2 is 2.54 bits per heavy atom. The summed E-state index contributed by atoms with van der Waals surface area (Å²) < 4.78 is 0. The van der Waals surface area contributed by atoms with E-state index in [-0.39, 0.29) is 0 Å². The maximum atomic E-state index is 8.70. The van der Waals surface area contributed by atoms with Crippen molar-refractivity contribution in [2.24, 2.45) is 0 Å². The third kappa shape index (κ3) is 2.56. The minimum absolute atomic E-state index is 0.513. The molecular formula is C9H10N4. The molecule has 0 unspecified atom stereocenters. The van der Waals surface area contributed by atoms with Crippen molar-refractivity contribution in [3.8, 4) is 6.07 Å². The molecule has 0 aliphatic rings. The highest BCUT2D eigenvalue weighted by Crippen LogP contribution is 2.06. The van der Waals surface area contributed by atoms with Gasteiger partial charge >= 0.3 is 0 Å². The van der Waals surface area contributed by atoms with Crippen LogP contribution in [0.15, 0.2) is 24.4 Å². The molecular weight excluding hydrogens is 164 g/mol. The third-order valence-corrected chi connectivity index (χ3v) is 1.46. The van der Waals surface area contributed by atoms with Gasteiger partial charge in [-0.3, -0.25) is 0 Å². The van der Waals surface area contributed by atoms with Crippen LogP contribution in [0.2, 0.25) is 0 Å². The van der Waals surface area contributed by atoms with E-state index in [0.717, 1.165) is 0 Å². The van der Waals surface area contributed by atoms with Crippen LogP contribution in [0.5, 0.6) is 0 Å². The van der Waals surface area contributed by atoms with Crippen molar-refractivity contribution in [3.63, 3.8) is 0 Å². The first-order valence-corrected chi connectivity index (χ1v) is 3.95. The molecule has 1 aromatic heterocycles. The predicted octanol–water partition coefficient (Wildman–Crippen LogP) is 1.34. The van der Waals surface area contributed by atoms with Gasteiger partial charge in [-0.25, -0.2) is 0 Å². The van der Waals surface area contributed by atoms with Crippen LogP contribution >= 0.6 is 0 Å². The molecule has 0 atom stereocenters. The monoisotopic (exact) mass is 174 g/mol. The lowest BCUT2D eigenvalue weighted by molar-refractivity contribution is 1.02. The molecule has 0 aliphatic heterocycles. The predicted molar refractivity (Wildman–Crippen MR) is 50.1 cm³/mol. The van der Waals surface area contributed by atoms with E-state index in [1.165, 1.54) is 6.20 Å². The fourth-order valence-electron chi connectivity index (χ4n) is 0.826. The average molecular weight is 174 g/mol. The fraction of sp³-hybridized carbons (Fsp3) is 0.222. The van der Waals surface area contributed by atoms with Gasteiger partial charge in [0.05, 0.1) is 11.8 Å². The molecule has 0 fully saturated rings. The van der Waals surface area contributed by atoms with E-state index < -0.39 is 0 Å². The zero-order valence-corrected chi connectivity index (χ0v) is 7.36. The van der Waals surface area contributed by atoms with E-state index in [4.69, 9.17) is 5.26 Å². The second-order valence-electron chi connectivity index (χ2n) is 2.36. The van der Waals surface area contributed by atoms with Crippen molar-refractivity contribution >= 4 is 5.82 Å². The summed E-state index contributed by atoms with van der Waals surface area (Å²) >= 11 is 0. The van der Waals surface area contributed by atoms with Gasteiger partial charge in [-0.2, -0.15) is 10.4 Å². The van der Waals surface area contributed by atoms with Gasteiger partial charge in [-0.05, 0) is 13.0 Å². The molecule has 66 valence electrons. The number of rotatable bonds is 3. The summed E-state index contributed by atoms with van der Waals surface area (Å²) in [7, 11) is 0. The Morgan fingerprint density at radius 1 is 1.69 bits per heavy atom. The normalized spacial score (nSPS) is 9.85. The Labute approximate surface area is 76.9 Å². The maximum Gasteiger partial charge on any atom is 0.166 e. The first-order chi connectivity index (χ1) is 6.38. The highest BCUT2D eigenvalue weighted by atomic mass is 15.2. The molecule has 1 N–H and O–H groups in total. The van der Waals surface area contributed by atoms with E-state index in [1.54, 1.807) is 6.07 Å². The molecule has 0 radical (unpaired) electrons. The van der Waals surface area contributed by atoms with E-state index in [1.807, 2.05) is 25.1 Å². The van der Waals surface area contributed by atoms with Gasteiger partial charge in [0.2, 0.25) is 0 Å². The van der Waals surface area contributed by atoms with Gasteiger partial charge in [-0.15, -0.1) is 5.10 Å². The summed E-state index contributed by atoms with van der Waals surface area (Å²) in [4.78, 5) is 0. The SMILES string of the molecule is C/C=C/CNc1nnccc1C#N. The van der Waals surface area contributed by atoms with E-state index in [2.05, 4.69) is 15.5 Å². The maximum absolute atomic E-state index is 8.70. The van der Waals surface area contributed by atoms with Gasteiger partial charge < -0.3 is 5.32 Å². The van der Waals surface area contributed by atoms with Gasteiger partial charge in [0.1, 0.15) is 6.07 Å². The standard InChI is InChI=1S/C9H10N4/c1-2-3-5-11-9-8(7-10)4-6-12-13-9/h2-4,6H,5H2,1H3,(H,11,13)/b3-2+. The smallest absolute Gasteiger partial charge is 0.166 e. The first-order valence-electron chi connectivity index (χ1n) is 3.95. The van der Waals surface area contributed by atoms with Crippen LogP contribution in [0.4, 0.5) is 5.82 Å². The number of allylic oxidation sites excluding steroid dienone is 1. The lowest BCUT2D eigenvalue weighted by Crippen LogP contribution is -2.03. The largest absolute Gasteiger partial charge is 0.364 e. The Kier molecular flexibility index (Phi) is 3.45. The summed E-state index contributed by atoms with van der Waals surface area (Å²) in [5, 5.41) is 19.2. The molecule has 1 rings (SSSR count). The molecule has 4 nitrogen and oxygen atoms in total. The highest BCUT2D eigenvalue weighted by Gasteiger charge is 1.99. The van der Waals surface area contributed by atoms with Crippen LogP contribution in [0.1, 0.15) is 12.5 Å². The molecule has 0 saturated carbocycles. The molecule has 1 heterocycles. The molecule has 4 heteroatoms. The fourth-order valence-corrected chi connectivity index (χ4v) is 0.826. The van der Waals surface area contributed by atoms with E-state index in [0.29, 0.717) is 17.9 Å². The lowest BCUT2D eigenvalue weighted by Gasteiger charge is -2.01. The second-order valence-corrected chi connectivity index (χ2v) is 2.36. The highest BCUT2D eigenvalue weighted by molar-refractivity contribution is 5.50. The van der Waals surface area contributed by atoms with Crippen LogP contribution in [0, 0.1) is 11.3 Å². The third-order valence-electron chi connectivity index (χ3n) is 1.46. The summed E-state index contributed by atoms with van der Waals surface area (Å²) in [5.41, 5.74) is 0.513. The van der Waals surface area contributed by atoms with Crippen LogP contribution in [0.3, 0.4) is 0 Å². The Balaban J connectivity index is 2.71. The Hall–Kier alpha value is -1.89. The van der Waals surface area contributed by atoms with Gasteiger partial charge in [0.25, 0.3) is 0 Å². The van der Waals surface area contributed by atoms with Gasteiger partial charge in [-0.1, -0.05) is 12.2 Å². The molecule has 0 amide bonds. The quantitative estimate of drug-likeness (QED) is 0.702. The zero-order chi connectivity index (χ0) is 9.52. The molecule has 0 aliphatic carbocycles. The number of aromatic nitrogens is 2. The molecule has 13 heavy (non-hydrogen) atoms. The summed E-state index contributed by atoms with van der Waals surface area (Å²) in [6, 6.07) is 3.66. The van der Waals surface area contributed by atoms with Crippen molar-refractivity contribution in [2.75, 3.05) is 11.9 Å². The van der Waals surface area contributed by atoms with Crippen molar-refractivity contribution in [2.45, 2.75) is 6.92 Å². The molecule has 0 saturated heterocycles. The Bertz CT molecular complexity index is 338. The van der Waals surface area contributed by atoms with Gasteiger partial charge in [0, 0.05) is 6.54 Å². The summed E-state index contributed by atoms with van der Waals surface area (Å²) in [6.07, 6.45) is 5.37. The van der Waals surface area contributed by atoms with E-state index >= 15 is 0 Å². The summed E-state index contributed by atoms with van der Waals surface area (Å²) in [6.45, 7) is 2.59. The van der Waals surface area contributed by atoms with Crippen LogP contribution in [-0.4, -0.2) is 16.7 Å². The molecule has 0 bridgehead atoms. The molecule has 1 aromatic rings. The molecule has 0 aromatic carbocycles. The first kappa shape index (κ1) is 9.20. The van der Waals surface area contributed by atoms with Crippen molar-refractivity contribution < 1.29 is 0 Å². The number of hydrogen-bond donors (Lipinski definition) is 1. The number of nitrogens with zero attached hydrogens (tertiary/aromatic N) is 3. The van der Waals surface area contributed by atoms with Crippen LogP contribution < -0.4 is 5.32 Å². The average Bonchev–Trinajstić information content (AvgIpc) is 2.19. The van der Waals surface area contributed by atoms with Crippen molar-refractivity contribution in [1.82, 2.24) is 10.2 Å². The van der Waals surface area contributed by atoms with Crippen LogP contribution in [-0.2, 0) is 0 Å². The number of hydrogen-bond acceptors (Lipinski definition) is 4. The topological polar surface area (TPSA) is 61.6 Å². The van der Waals surface area contributed by atoms with Crippen molar-refractivity contribution in [3.05, 3.63) is 30.0 Å².